The van der Waals surface area contributed by atoms with E-state index in [0.29, 0.717) is 30.0 Å². The summed E-state index contributed by atoms with van der Waals surface area (Å²) in [6.45, 7) is 0.461. The summed E-state index contributed by atoms with van der Waals surface area (Å²) in [5.41, 5.74) is 2.07. The number of carbonyl (C=O) groups is 2. The van der Waals surface area contributed by atoms with E-state index in [-0.39, 0.29) is 18.3 Å². The molecule has 2 rings (SSSR count). The van der Waals surface area contributed by atoms with Crippen LogP contribution >= 0.6 is 23.2 Å². The molecule has 0 radical (unpaired) electrons. The van der Waals surface area contributed by atoms with Gasteiger partial charge < -0.3 is 4.74 Å². The Hall–Kier alpha value is -1.92. The van der Waals surface area contributed by atoms with Crippen molar-refractivity contribution in [1.29, 1.82) is 0 Å². The summed E-state index contributed by atoms with van der Waals surface area (Å²) >= 11 is 11.3. The maximum atomic E-state index is 12.5. The maximum absolute atomic E-state index is 12.5. The molecule has 0 bridgehead atoms. The highest BCUT2D eigenvalue weighted by molar-refractivity contribution is 6.18. The molecule has 2 aromatic rings. The van der Waals surface area contributed by atoms with E-state index in [4.69, 9.17) is 33.8 Å². The Morgan fingerprint density at radius 1 is 0.963 bits per heavy atom. The van der Waals surface area contributed by atoms with Gasteiger partial charge in [-0.05, 0) is 12.0 Å². The van der Waals surface area contributed by atoms with E-state index in [0.717, 1.165) is 5.56 Å². The lowest BCUT2D eigenvalue weighted by Crippen LogP contribution is -2.49. The first kappa shape index (κ1) is 21.4. The number of halogens is 2. The van der Waals surface area contributed by atoms with Crippen LogP contribution in [0.4, 0.5) is 0 Å². The van der Waals surface area contributed by atoms with Gasteiger partial charge in [0, 0.05) is 23.6 Å². The number of ether oxygens (including phenoxy) is 1. The molecule has 0 fully saturated rings. The van der Waals surface area contributed by atoms with E-state index >= 15 is 0 Å². The number of nitrogens with zero attached hydrogens (tertiary/aromatic N) is 1. The predicted octanol–water partition coefficient (Wildman–Crippen LogP) is 3.03. The zero-order chi connectivity index (χ0) is 19.6. The highest BCUT2D eigenvalue weighted by Crippen LogP contribution is 2.14. The maximum Gasteiger partial charge on any atom is 0.325 e. The highest BCUT2D eigenvalue weighted by atomic mass is 35.5. The summed E-state index contributed by atoms with van der Waals surface area (Å²) < 4.78 is 5.12. The van der Waals surface area contributed by atoms with Crippen molar-refractivity contribution in [3.05, 3.63) is 71.3 Å². The third-order valence-corrected chi connectivity index (χ3v) is 4.34. The molecule has 0 aliphatic rings. The van der Waals surface area contributed by atoms with E-state index < -0.39 is 12.0 Å². The average Bonchev–Trinajstić information content (AvgIpc) is 2.71. The topological polar surface area (TPSA) is 72.6 Å². The van der Waals surface area contributed by atoms with Gasteiger partial charge in [-0.1, -0.05) is 54.6 Å². The second-order valence-corrected chi connectivity index (χ2v) is 6.65. The zero-order valence-electron chi connectivity index (χ0n) is 14.8. The lowest BCUT2D eigenvalue weighted by molar-refractivity contribution is -0.149. The van der Waals surface area contributed by atoms with Crippen LogP contribution < -0.4 is 5.84 Å². The van der Waals surface area contributed by atoms with Gasteiger partial charge in [0.2, 0.25) is 0 Å². The fraction of sp³-hybridized carbons (Fsp3) is 0.300. The van der Waals surface area contributed by atoms with Crippen molar-refractivity contribution in [2.24, 2.45) is 5.84 Å². The van der Waals surface area contributed by atoms with Crippen molar-refractivity contribution in [3.8, 4) is 0 Å². The van der Waals surface area contributed by atoms with Gasteiger partial charge in [-0.2, -0.15) is 0 Å². The number of alkyl halides is 2. The molecule has 2 N–H and O–H groups in total. The number of hydrazine groups is 1. The van der Waals surface area contributed by atoms with Gasteiger partial charge in [0.15, 0.2) is 5.78 Å². The Morgan fingerprint density at radius 3 is 2.19 bits per heavy atom. The zero-order valence-corrected chi connectivity index (χ0v) is 16.3. The third-order valence-electron chi connectivity index (χ3n) is 4.02. The normalized spacial score (nSPS) is 12.0. The van der Waals surface area contributed by atoms with E-state index in [9.17, 15) is 9.59 Å². The summed E-state index contributed by atoms with van der Waals surface area (Å²) in [6.07, 6.45) is 0.342. The van der Waals surface area contributed by atoms with Crippen LogP contribution in [0, 0.1) is 0 Å². The van der Waals surface area contributed by atoms with Crippen LogP contribution in [-0.4, -0.2) is 47.7 Å². The highest BCUT2D eigenvalue weighted by Gasteiger charge is 2.25. The second-order valence-electron chi connectivity index (χ2n) is 5.90. The van der Waals surface area contributed by atoms with Crippen molar-refractivity contribution in [1.82, 2.24) is 5.01 Å². The minimum absolute atomic E-state index is 0.0530. The Kier molecular flexibility index (Phi) is 8.75. The summed E-state index contributed by atoms with van der Waals surface area (Å²) in [5, 5.41) is 1.37. The van der Waals surface area contributed by atoms with Gasteiger partial charge in [-0.25, -0.2) is 5.01 Å². The largest absolute Gasteiger partial charge is 0.463 e. The van der Waals surface area contributed by atoms with Crippen LogP contribution in [0.5, 0.6) is 0 Å². The number of hydrogen-bond donors (Lipinski definition) is 1. The van der Waals surface area contributed by atoms with Gasteiger partial charge in [-0.15, -0.1) is 23.2 Å². The van der Waals surface area contributed by atoms with Crippen molar-refractivity contribution in [2.45, 2.75) is 12.5 Å². The number of esters is 1. The smallest absolute Gasteiger partial charge is 0.325 e. The first-order valence-electron chi connectivity index (χ1n) is 8.55. The quantitative estimate of drug-likeness (QED) is 0.215. The molecule has 7 heteroatoms. The molecule has 27 heavy (non-hydrogen) atoms. The lowest BCUT2D eigenvalue weighted by Gasteiger charge is -2.25. The molecule has 0 unspecified atom stereocenters. The summed E-state index contributed by atoms with van der Waals surface area (Å²) in [4.78, 5) is 24.8. The predicted molar refractivity (Wildman–Crippen MR) is 107 cm³/mol. The number of rotatable bonds is 10. The van der Waals surface area contributed by atoms with Crippen LogP contribution in [0.15, 0.2) is 54.6 Å². The average molecular weight is 409 g/mol. The Bertz CT molecular complexity index is 739. The molecule has 0 saturated heterocycles. The Morgan fingerprint density at radius 2 is 1.59 bits per heavy atom. The number of nitrogens with two attached hydrogens (primary N) is 1. The van der Waals surface area contributed by atoms with Crippen molar-refractivity contribution in [3.63, 3.8) is 0 Å². The SMILES string of the molecule is NN(CCCl)[C@@H](Cc1ccc(C(=O)c2ccccc2)cc1)C(=O)OCCCl. The molecule has 0 amide bonds. The molecular formula is C20H22Cl2N2O3. The third kappa shape index (κ3) is 6.33. The van der Waals surface area contributed by atoms with Crippen LogP contribution in [0.25, 0.3) is 0 Å². The number of ketones is 1. The van der Waals surface area contributed by atoms with E-state index in [1.807, 2.05) is 30.3 Å². The molecule has 0 aliphatic carbocycles. The van der Waals surface area contributed by atoms with E-state index in [1.54, 1.807) is 24.3 Å². The van der Waals surface area contributed by atoms with Crippen molar-refractivity contribution >= 4 is 35.0 Å². The first-order valence-corrected chi connectivity index (χ1v) is 9.62. The molecule has 1 atom stereocenters. The molecule has 144 valence electrons. The summed E-state index contributed by atoms with van der Waals surface area (Å²) in [6, 6.07) is 15.5. The Balaban J connectivity index is 2.11. The first-order chi connectivity index (χ1) is 13.1. The molecular weight excluding hydrogens is 387 g/mol. The van der Waals surface area contributed by atoms with Crippen molar-refractivity contribution in [2.75, 3.05) is 24.9 Å². The van der Waals surface area contributed by atoms with Crippen LogP contribution in [-0.2, 0) is 16.0 Å². The van der Waals surface area contributed by atoms with Crippen LogP contribution in [0.1, 0.15) is 21.5 Å². The molecule has 5 nitrogen and oxygen atoms in total. The fourth-order valence-electron chi connectivity index (χ4n) is 2.60. The van der Waals surface area contributed by atoms with E-state index in [2.05, 4.69) is 0 Å². The number of benzene rings is 2. The van der Waals surface area contributed by atoms with Crippen molar-refractivity contribution < 1.29 is 14.3 Å². The number of carbonyl (C=O) groups excluding carboxylic acids is 2. The Labute approximate surface area is 169 Å². The minimum Gasteiger partial charge on any atom is -0.463 e. The van der Waals surface area contributed by atoms with Gasteiger partial charge in [0.1, 0.15) is 12.6 Å². The standard InChI is InChI=1S/C20H22Cl2N2O3/c21-10-12-24(23)18(20(26)27-13-11-22)14-15-6-8-17(9-7-15)19(25)16-4-2-1-3-5-16/h1-9,18H,10-14,23H2/t18-/m0/s1. The van der Waals surface area contributed by atoms with E-state index in [1.165, 1.54) is 5.01 Å². The fourth-order valence-corrected chi connectivity index (χ4v) is 2.87. The molecule has 0 spiro atoms. The van der Waals surface area contributed by atoms with Crippen LogP contribution in [0.2, 0.25) is 0 Å². The molecule has 2 aromatic carbocycles. The monoisotopic (exact) mass is 408 g/mol. The molecule has 0 heterocycles. The van der Waals surface area contributed by atoms with Gasteiger partial charge in [-0.3, -0.25) is 15.4 Å². The van der Waals surface area contributed by atoms with Gasteiger partial charge in [0.25, 0.3) is 0 Å². The summed E-state index contributed by atoms with van der Waals surface area (Å²) in [7, 11) is 0. The van der Waals surface area contributed by atoms with Gasteiger partial charge in [0.05, 0.1) is 5.88 Å². The molecule has 0 aliphatic heterocycles. The second kappa shape index (κ2) is 11.0. The summed E-state index contributed by atoms with van der Waals surface area (Å²) in [5.74, 6) is 5.97. The van der Waals surface area contributed by atoms with Crippen LogP contribution in [0.3, 0.4) is 0 Å². The lowest BCUT2D eigenvalue weighted by atomic mass is 9.99. The molecule has 0 aromatic heterocycles. The van der Waals surface area contributed by atoms with Gasteiger partial charge >= 0.3 is 5.97 Å². The number of hydrogen-bond acceptors (Lipinski definition) is 5. The molecule has 0 saturated carbocycles. The minimum atomic E-state index is -0.678.